The fraction of sp³-hybridized carbons (Fsp3) is 0.364. The number of carbonyl (C=O) groups excluding carboxylic acids is 3. The van der Waals surface area contributed by atoms with E-state index >= 15 is 0 Å². The summed E-state index contributed by atoms with van der Waals surface area (Å²) in [6.45, 7) is 4.21. The Labute approximate surface area is 298 Å². The molecule has 4 rings (SSSR count). The molecule has 3 amide bonds. The average molecular weight is 755 g/mol. The highest BCUT2D eigenvalue weighted by molar-refractivity contribution is 6.31. The number of alkyl halides is 3. The molecule has 19 heteroatoms. The number of carbonyl (C=O) groups is 6. The molecule has 1 saturated heterocycles. The maximum Gasteiger partial charge on any atom is 0.490 e. The van der Waals surface area contributed by atoms with Crippen molar-refractivity contribution >= 4 is 58.3 Å². The molecule has 1 aliphatic rings. The molecular weight excluding hydrogens is 721 g/mol. The summed E-state index contributed by atoms with van der Waals surface area (Å²) in [5.74, 6) is -8.00. The third-order valence-corrected chi connectivity index (χ3v) is 7.73. The first-order valence-corrected chi connectivity index (χ1v) is 15.9. The molecule has 1 fully saturated rings. The molecule has 3 aromatic rings. The Kier molecular flexibility index (Phi) is 14.1. The van der Waals surface area contributed by atoms with Gasteiger partial charge in [-0.2, -0.15) is 13.2 Å². The third-order valence-electron chi connectivity index (χ3n) is 7.51. The predicted molar refractivity (Wildman–Crippen MR) is 176 cm³/mol. The first-order valence-electron chi connectivity index (χ1n) is 15.5. The lowest BCUT2D eigenvalue weighted by molar-refractivity contribution is -0.192. The minimum absolute atomic E-state index is 0.0626. The third kappa shape index (κ3) is 10.9. The van der Waals surface area contributed by atoms with E-state index in [0.717, 1.165) is 0 Å². The number of nitrogens with zero attached hydrogens (tertiary/aromatic N) is 3. The Morgan fingerprint density at radius 2 is 1.54 bits per heavy atom. The number of hydrogen-bond acceptors (Lipinski definition) is 9. The van der Waals surface area contributed by atoms with Crippen LogP contribution in [0.25, 0.3) is 10.9 Å². The van der Waals surface area contributed by atoms with Crippen molar-refractivity contribution in [3.63, 3.8) is 0 Å². The molecule has 15 nitrogen and oxygen atoms in total. The molecule has 0 radical (unpaired) electrons. The quantitative estimate of drug-likeness (QED) is 0.203. The van der Waals surface area contributed by atoms with Crippen molar-refractivity contribution in [2.45, 2.75) is 32.5 Å². The van der Waals surface area contributed by atoms with E-state index < -0.39 is 54.0 Å². The normalized spacial score (nSPS) is 14.0. The molecule has 2 unspecified atom stereocenters. The number of amides is 3. The molecule has 1 aliphatic heterocycles. The molecule has 280 valence electrons. The molecule has 0 aliphatic carbocycles. The summed E-state index contributed by atoms with van der Waals surface area (Å²) in [4.78, 5) is 78.5. The molecule has 0 bridgehead atoms. The summed E-state index contributed by atoms with van der Waals surface area (Å²) >= 11 is 6.27. The number of carboxylic acids is 3. The molecule has 2 heterocycles. The summed E-state index contributed by atoms with van der Waals surface area (Å²) in [7, 11) is 0. The van der Waals surface area contributed by atoms with E-state index in [1.54, 1.807) is 56.3 Å². The van der Waals surface area contributed by atoms with Crippen LogP contribution in [0.15, 0.2) is 48.5 Å². The van der Waals surface area contributed by atoms with Gasteiger partial charge in [-0.15, -0.1) is 0 Å². The Morgan fingerprint density at radius 3 is 2.08 bits per heavy atom. The lowest BCUT2D eigenvalue weighted by atomic mass is 10.0. The molecule has 2 aromatic carbocycles. The van der Waals surface area contributed by atoms with Gasteiger partial charge in [0.05, 0.1) is 12.1 Å². The molecule has 52 heavy (non-hydrogen) atoms. The van der Waals surface area contributed by atoms with Gasteiger partial charge < -0.3 is 39.9 Å². The van der Waals surface area contributed by atoms with Crippen molar-refractivity contribution in [2.24, 2.45) is 5.92 Å². The summed E-state index contributed by atoms with van der Waals surface area (Å²) in [6.07, 6.45) is -7.16. The summed E-state index contributed by atoms with van der Waals surface area (Å²) in [5.41, 5.74) is 1.25. The topological polar surface area (TPSA) is 213 Å². The highest BCUT2D eigenvalue weighted by Crippen LogP contribution is 2.34. The average Bonchev–Trinajstić information content (AvgIpc) is 3.08. The van der Waals surface area contributed by atoms with Crippen LogP contribution in [0.3, 0.4) is 0 Å². The number of aryl methyl sites for hydroxylation is 1. The second-order valence-corrected chi connectivity index (χ2v) is 11.6. The molecule has 0 saturated carbocycles. The van der Waals surface area contributed by atoms with E-state index in [2.05, 4.69) is 10.3 Å². The fourth-order valence-corrected chi connectivity index (χ4v) is 5.25. The minimum atomic E-state index is -5.08. The number of piperazine rings is 1. The first-order chi connectivity index (χ1) is 24.4. The summed E-state index contributed by atoms with van der Waals surface area (Å²) in [6, 6.07) is 12.8. The van der Waals surface area contributed by atoms with Gasteiger partial charge in [0.2, 0.25) is 12.0 Å². The zero-order valence-electron chi connectivity index (χ0n) is 27.7. The second kappa shape index (κ2) is 18.0. The van der Waals surface area contributed by atoms with Crippen LogP contribution in [0.2, 0.25) is 5.02 Å². The monoisotopic (exact) mass is 754 g/mol. The van der Waals surface area contributed by atoms with Gasteiger partial charge >= 0.3 is 30.2 Å². The van der Waals surface area contributed by atoms with E-state index in [-0.39, 0.29) is 57.2 Å². The highest BCUT2D eigenvalue weighted by atomic mass is 35.5. The van der Waals surface area contributed by atoms with Gasteiger partial charge in [-0.1, -0.05) is 41.9 Å². The van der Waals surface area contributed by atoms with E-state index in [9.17, 15) is 47.4 Å². The minimum Gasteiger partial charge on any atom is -0.481 e. The lowest BCUT2D eigenvalue weighted by Gasteiger charge is -2.35. The van der Waals surface area contributed by atoms with E-state index in [4.69, 9.17) is 31.0 Å². The Hall–Kier alpha value is -5.65. The Balaban J connectivity index is 0.000000944. The van der Waals surface area contributed by atoms with Gasteiger partial charge in [0.25, 0.3) is 5.91 Å². The summed E-state index contributed by atoms with van der Waals surface area (Å²) < 4.78 is 42.7. The molecule has 4 N–H and O–H groups in total. The maximum absolute atomic E-state index is 13.2. The first kappa shape index (κ1) is 40.8. The number of fused-ring (bicyclic) bond motifs is 1. The lowest BCUT2D eigenvalue weighted by Crippen LogP contribution is -2.53. The van der Waals surface area contributed by atoms with Crippen molar-refractivity contribution in [3.05, 3.63) is 70.4 Å². The number of aromatic nitrogens is 1. The van der Waals surface area contributed by atoms with Crippen molar-refractivity contribution in [3.8, 4) is 5.75 Å². The van der Waals surface area contributed by atoms with Gasteiger partial charge in [0.15, 0.2) is 0 Å². The highest BCUT2D eigenvalue weighted by Gasteiger charge is 2.38. The van der Waals surface area contributed by atoms with Crippen molar-refractivity contribution in [1.29, 1.82) is 0 Å². The number of hydrogen-bond donors (Lipinski definition) is 4. The maximum atomic E-state index is 13.2. The van der Waals surface area contributed by atoms with E-state index in [1.165, 1.54) is 15.9 Å². The second-order valence-electron chi connectivity index (χ2n) is 11.1. The Bertz CT molecular complexity index is 1800. The Morgan fingerprint density at radius 1 is 0.942 bits per heavy atom. The van der Waals surface area contributed by atoms with Gasteiger partial charge in [-0.3, -0.25) is 14.4 Å². The van der Waals surface area contributed by atoms with Crippen LogP contribution in [0.5, 0.6) is 5.75 Å². The van der Waals surface area contributed by atoms with Gasteiger partial charge in [0, 0.05) is 54.8 Å². The van der Waals surface area contributed by atoms with Gasteiger partial charge in [0.1, 0.15) is 17.4 Å². The number of benzene rings is 2. The van der Waals surface area contributed by atoms with Crippen LogP contribution in [-0.4, -0.2) is 111 Å². The van der Waals surface area contributed by atoms with E-state index in [0.29, 0.717) is 27.1 Å². The molecular formula is C33H34ClF3N4O11. The summed E-state index contributed by atoms with van der Waals surface area (Å²) in [5, 5.41) is 30.2. The largest absolute Gasteiger partial charge is 0.490 e. The van der Waals surface area contributed by atoms with Crippen molar-refractivity contribution < 1.29 is 66.7 Å². The smallest absolute Gasteiger partial charge is 0.481 e. The molecule has 1 aromatic heterocycles. The van der Waals surface area contributed by atoms with E-state index in [1.807, 2.05) is 0 Å². The number of carboxylic acid groups (broad SMARTS) is 3. The van der Waals surface area contributed by atoms with Crippen LogP contribution in [-0.2, 0) is 23.9 Å². The van der Waals surface area contributed by atoms with Crippen LogP contribution in [0.4, 0.5) is 18.0 Å². The van der Waals surface area contributed by atoms with Crippen LogP contribution in [0.1, 0.15) is 41.1 Å². The van der Waals surface area contributed by atoms with Crippen molar-refractivity contribution in [1.82, 2.24) is 20.1 Å². The predicted octanol–water partition coefficient (Wildman–Crippen LogP) is 4.16. The van der Waals surface area contributed by atoms with Crippen LogP contribution < -0.4 is 10.1 Å². The number of halogens is 4. The standard InChI is InChI=1S/C31H33ClN4O9.C2HF3O2/c1-3-44-31(43)36-13-11-35(12-14-36)28(38)21(29(39)40)9-10-33-27(37)23-17-24(22-16-20(32)15-18(2)25(22)34-23)45-26(30(41)42)19-7-5-4-6-8-19;3-2(4,5)1(6)7/h4-8,15-17,21,26H,3,9-14H2,1-2H3,(H,33,37)(H,39,40)(H,41,42);(H,6,7). The molecule has 2 atom stereocenters. The number of nitrogens with one attached hydrogen (secondary N) is 1. The van der Waals surface area contributed by atoms with Crippen molar-refractivity contribution in [2.75, 3.05) is 39.3 Å². The zero-order valence-corrected chi connectivity index (χ0v) is 28.4. The van der Waals surface area contributed by atoms with Crippen LogP contribution in [0, 0.1) is 12.8 Å². The van der Waals surface area contributed by atoms with Gasteiger partial charge in [-0.25, -0.2) is 19.4 Å². The fourth-order valence-electron chi connectivity index (χ4n) is 4.97. The SMILES string of the molecule is CCOC(=O)N1CCN(C(=O)C(CCNC(=O)c2cc(OC(C(=O)O)c3ccccc3)c3cc(Cl)cc(C)c3n2)C(=O)O)CC1.O=C(O)C(F)(F)F. The van der Waals surface area contributed by atoms with Crippen LogP contribution >= 0.6 is 11.6 Å². The number of aliphatic carboxylic acids is 3. The zero-order chi connectivity index (χ0) is 38.7. The molecule has 0 spiro atoms. The number of ether oxygens (including phenoxy) is 2. The van der Waals surface area contributed by atoms with Gasteiger partial charge in [-0.05, 0) is 38.0 Å². The number of rotatable bonds is 11. The number of pyridine rings is 1.